The standard InChI is InChI=1S/C22H24N6O2/c1-16(17-6-3-2-4-7-17)14-24-22(29)12-11-21-26-25-20-10-9-19(27-28(20)21)23-15-18-8-5-13-30-18/h2-10,13,16H,11-12,14-15H2,1H3,(H,23,27)(H,24,29)/t16-/m1/s1. The summed E-state index contributed by atoms with van der Waals surface area (Å²) in [6, 6.07) is 17.6. The molecular formula is C22H24N6O2. The lowest BCUT2D eigenvalue weighted by Crippen LogP contribution is -2.27. The van der Waals surface area contributed by atoms with E-state index in [4.69, 9.17) is 4.42 Å². The number of carbonyl (C=O) groups is 1. The van der Waals surface area contributed by atoms with Crippen LogP contribution in [0, 0.1) is 0 Å². The first-order valence-corrected chi connectivity index (χ1v) is 9.98. The first kappa shape index (κ1) is 19.6. The van der Waals surface area contributed by atoms with Gasteiger partial charge in [-0.3, -0.25) is 4.79 Å². The SMILES string of the molecule is C[C@H](CNC(=O)CCc1nnc2ccc(NCc3ccco3)nn12)c1ccccc1. The number of fused-ring (bicyclic) bond motifs is 1. The zero-order valence-electron chi connectivity index (χ0n) is 16.8. The van der Waals surface area contributed by atoms with Crippen molar-refractivity contribution in [2.45, 2.75) is 32.2 Å². The molecule has 8 nitrogen and oxygen atoms in total. The van der Waals surface area contributed by atoms with Crippen LogP contribution in [0.2, 0.25) is 0 Å². The van der Waals surface area contributed by atoms with Crippen molar-refractivity contribution in [3.63, 3.8) is 0 Å². The number of amides is 1. The molecule has 1 atom stereocenters. The molecule has 1 aromatic carbocycles. The number of nitrogens with one attached hydrogen (secondary N) is 2. The summed E-state index contributed by atoms with van der Waals surface area (Å²) in [5.74, 6) is 2.40. The number of nitrogens with zero attached hydrogens (tertiary/aromatic N) is 4. The van der Waals surface area contributed by atoms with Gasteiger partial charge >= 0.3 is 0 Å². The van der Waals surface area contributed by atoms with Crippen molar-refractivity contribution in [3.05, 3.63) is 78.0 Å². The van der Waals surface area contributed by atoms with Gasteiger partial charge in [-0.1, -0.05) is 37.3 Å². The summed E-state index contributed by atoms with van der Waals surface area (Å²) < 4.78 is 6.99. The van der Waals surface area contributed by atoms with Gasteiger partial charge < -0.3 is 15.1 Å². The van der Waals surface area contributed by atoms with E-state index >= 15 is 0 Å². The van der Waals surface area contributed by atoms with Crippen molar-refractivity contribution in [1.82, 2.24) is 25.1 Å². The van der Waals surface area contributed by atoms with Crippen LogP contribution in [0.4, 0.5) is 5.82 Å². The minimum absolute atomic E-state index is 0.0124. The predicted octanol–water partition coefficient (Wildman–Crippen LogP) is 3.18. The Morgan fingerprint density at radius 2 is 1.97 bits per heavy atom. The van der Waals surface area contributed by atoms with Gasteiger partial charge in [0.2, 0.25) is 5.91 Å². The predicted molar refractivity (Wildman–Crippen MR) is 113 cm³/mol. The lowest BCUT2D eigenvalue weighted by atomic mass is 10.0. The highest BCUT2D eigenvalue weighted by atomic mass is 16.3. The lowest BCUT2D eigenvalue weighted by molar-refractivity contribution is -0.121. The van der Waals surface area contributed by atoms with E-state index in [9.17, 15) is 4.79 Å². The number of hydrogen-bond donors (Lipinski definition) is 2. The van der Waals surface area contributed by atoms with Crippen LogP contribution >= 0.6 is 0 Å². The van der Waals surface area contributed by atoms with Crippen LogP contribution in [0.5, 0.6) is 0 Å². The third kappa shape index (κ3) is 4.83. The van der Waals surface area contributed by atoms with Crippen molar-refractivity contribution in [2.24, 2.45) is 0 Å². The highest BCUT2D eigenvalue weighted by molar-refractivity contribution is 5.76. The zero-order chi connectivity index (χ0) is 20.8. The van der Waals surface area contributed by atoms with Gasteiger partial charge in [0.05, 0.1) is 12.8 Å². The van der Waals surface area contributed by atoms with Crippen LogP contribution < -0.4 is 10.6 Å². The van der Waals surface area contributed by atoms with E-state index in [1.807, 2.05) is 42.5 Å². The summed E-state index contributed by atoms with van der Waals surface area (Å²) in [5, 5.41) is 19.1. The van der Waals surface area contributed by atoms with Crippen LogP contribution in [0.15, 0.2) is 65.3 Å². The summed E-state index contributed by atoms with van der Waals surface area (Å²) >= 11 is 0. The number of furan rings is 1. The van der Waals surface area contributed by atoms with Crippen LogP contribution in [-0.2, 0) is 17.8 Å². The van der Waals surface area contributed by atoms with E-state index in [2.05, 4.69) is 45.0 Å². The summed E-state index contributed by atoms with van der Waals surface area (Å²) in [4.78, 5) is 12.3. The van der Waals surface area contributed by atoms with E-state index in [0.29, 0.717) is 43.2 Å². The van der Waals surface area contributed by atoms with Gasteiger partial charge in [0, 0.05) is 19.4 Å². The molecule has 154 valence electrons. The third-order valence-corrected chi connectivity index (χ3v) is 4.90. The highest BCUT2D eigenvalue weighted by Crippen LogP contribution is 2.13. The second kappa shape index (κ2) is 9.21. The molecule has 1 amide bonds. The summed E-state index contributed by atoms with van der Waals surface area (Å²) in [7, 11) is 0. The maximum Gasteiger partial charge on any atom is 0.220 e. The molecule has 0 aliphatic rings. The van der Waals surface area contributed by atoms with Gasteiger partial charge in [0.1, 0.15) is 11.6 Å². The third-order valence-electron chi connectivity index (χ3n) is 4.90. The molecule has 4 aromatic rings. The van der Waals surface area contributed by atoms with Gasteiger partial charge in [0.15, 0.2) is 11.5 Å². The van der Waals surface area contributed by atoms with E-state index in [1.165, 1.54) is 5.56 Å². The van der Waals surface area contributed by atoms with Crippen LogP contribution in [-0.4, -0.2) is 32.3 Å². The van der Waals surface area contributed by atoms with Crippen molar-refractivity contribution in [3.8, 4) is 0 Å². The molecule has 0 aliphatic carbocycles. The average molecular weight is 404 g/mol. The van der Waals surface area contributed by atoms with Gasteiger partial charge in [-0.15, -0.1) is 15.3 Å². The minimum atomic E-state index is -0.0124. The molecular weight excluding hydrogens is 380 g/mol. The molecule has 0 bridgehead atoms. The van der Waals surface area contributed by atoms with E-state index in [-0.39, 0.29) is 11.8 Å². The average Bonchev–Trinajstić information content (AvgIpc) is 3.45. The Hall–Kier alpha value is -3.68. The Balaban J connectivity index is 1.31. The van der Waals surface area contributed by atoms with Crippen molar-refractivity contribution in [2.75, 3.05) is 11.9 Å². The van der Waals surface area contributed by atoms with Crippen LogP contribution in [0.3, 0.4) is 0 Å². The molecule has 8 heteroatoms. The zero-order valence-corrected chi connectivity index (χ0v) is 16.8. The number of aryl methyl sites for hydroxylation is 1. The molecule has 0 spiro atoms. The quantitative estimate of drug-likeness (QED) is 0.445. The molecule has 0 saturated heterocycles. The van der Waals surface area contributed by atoms with E-state index in [1.54, 1.807) is 10.8 Å². The van der Waals surface area contributed by atoms with Crippen LogP contribution in [0.25, 0.3) is 5.65 Å². The number of hydrogen-bond acceptors (Lipinski definition) is 6. The Morgan fingerprint density at radius 1 is 1.10 bits per heavy atom. The Labute approximate surface area is 174 Å². The Morgan fingerprint density at radius 3 is 2.77 bits per heavy atom. The minimum Gasteiger partial charge on any atom is -0.467 e. The van der Waals surface area contributed by atoms with Crippen molar-refractivity contribution in [1.29, 1.82) is 0 Å². The largest absolute Gasteiger partial charge is 0.467 e. The molecule has 3 heterocycles. The van der Waals surface area contributed by atoms with Crippen molar-refractivity contribution >= 4 is 17.4 Å². The molecule has 0 saturated carbocycles. The maximum absolute atomic E-state index is 12.3. The second-order valence-corrected chi connectivity index (χ2v) is 7.15. The van der Waals surface area contributed by atoms with Gasteiger partial charge in [0.25, 0.3) is 0 Å². The highest BCUT2D eigenvalue weighted by Gasteiger charge is 2.12. The molecule has 0 fully saturated rings. The summed E-state index contributed by atoms with van der Waals surface area (Å²) in [5.41, 5.74) is 1.85. The number of benzene rings is 1. The first-order chi connectivity index (χ1) is 14.7. The van der Waals surface area contributed by atoms with E-state index in [0.717, 1.165) is 5.76 Å². The Kier molecular flexibility index (Phi) is 6.03. The fraction of sp³-hybridized carbons (Fsp3) is 0.273. The van der Waals surface area contributed by atoms with Gasteiger partial charge in [-0.2, -0.15) is 4.52 Å². The van der Waals surface area contributed by atoms with Gasteiger partial charge in [-0.25, -0.2) is 0 Å². The topological polar surface area (TPSA) is 97.3 Å². The maximum atomic E-state index is 12.3. The molecule has 0 aliphatic heterocycles. The smallest absolute Gasteiger partial charge is 0.220 e. The fourth-order valence-corrected chi connectivity index (χ4v) is 3.15. The van der Waals surface area contributed by atoms with Crippen LogP contribution in [0.1, 0.15) is 36.4 Å². The van der Waals surface area contributed by atoms with E-state index < -0.39 is 0 Å². The molecule has 0 radical (unpaired) electrons. The molecule has 0 unspecified atom stereocenters. The fourth-order valence-electron chi connectivity index (χ4n) is 3.15. The second-order valence-electron chi connectivity index (χ2n) is 7.15. The summed E-state index contributed by atoms with van der Waals surface area (Å²) in [6.45, 7) is 3.23. The summed E-state index contributed by atoms with van der Waals surface area (Å²) in [6.07, 6.45) is 2.42. The molecule has 3 aromatic heterocycles. The molecule has 30 heavy (non-hydrogen) atoms. The van der Waals surface area contributed by atoms with Crippen molar-refractivity contribution < 1.29 is 9.21 Å². The first-order valence-electron chi connectivity index (χ1n) is 9.98. The Bertz CT molecular complexity index is 1090. The number of aromatic nitrogens is 4. The monoisotopic (exact) mass is 404 g/mol. The number of carbonyl (C=O) groups excluding carboxylic acids is 1. The number of rotatable bonds is 9. The molecule has 2 N–H and O–H groups in total. The van der Waals surface area contributed by atoms with Gasteiger partial charge in [-0.05, 0) is 35.7 Å². The molecule has 4 rings (SSSR count). The normalized spacial score (nSPS) is 12.0. The lowest BCUT2D eigenvalue weighted by Gasteiger charge is -2.12. The number of anilines is 1.